The molecule has 9 heteroatoms. The van der Waals surface area contributed by atoms with Gasteiger partial charge in [0.15, 0.2) is 0 Å². The molecule has 0 aromatic heterocycles. The summed E-state index contributed by atoms with van der Waals surface area (Å²) in [7, 11) is -3.63. The average molecular weight is 450 g/mol. The first-order valence-corrected chi connectivity index (χ1v) is 12.4. The van der Waals surface area contributed by atoms with Gasteiger partial charge in [-0.15, -0.1) is 0 Å². The fourth-order valence-electron chi connectivity index (χ4n) is 4.69. The topological polar surface area (TPSA) is 87.2 Å². The second kappa shape index (κ2) is 8.18. The zero-order valence-corrected chi connectivity index (χ0v) is 19.3. The summed E-state index contributed by atoms with van der Waals surface area (Å²) in [5, 5.41) is 0. The van der Waals surface area contributed by atoms with Gasteiger partial charge in [-0.2, -0.15) is 4.31 Å². The fourth-order valence-corrected chi connectivity index (χ4v) is 6.32. The van der Waals surface area contributed by atoms with Crippen molar-refractivity contribution < 1.29 is 22.7 Å². The number of benzene rings is 1. The van der Waals surface area contributed by atoms with E-state index in [-0.39, 0.29) is 23.3 Å². The van der Waals surface area contributed by atoms with E-state index >= 15 is 0 Å². The molecule has 4 rings (SSSR count). The van der Waals surface area contributed by atoms with Crippen LogP contribution in [0.2, 0.25) is 0 Å². The van der Waals surface area contributed by atoms with Crippen LogP contribution in [0.1, 0.15) is 39.2 Å². The predicted octanol–water partition coefficient (Wildman–Crippen LogP) is 1.59. The third-order valence-corrected chi connectivity index (χ3v) is 8.49. The highest BCUT2D eigenvalue weighted by Crippen LogP contribution is 2.43. The smallest absolute Gasteiger partial charge is 0.243 e. The summed E-state index contributed by atoms with van der Waals surface area (Å²) in [4.78, 5) is 29.3. The summed E-state index contributed by atoms with van der Waals surface area (Å²) in [6.07, 6.45) is 1.89. The zero-order valence-electron chi connectivity index (χ0n) is 18.5. The van der Waals surface area contributed by atoms with Crippen LogP contribution in [0.15, 0.2) is 23.1 Å². The summed E-state index contributed by atoms with van der Waals surface area (Å²) < 4.78 is 33.3. The molecule has 0 N–H and O–H groups in total. The van der Waals surface area contributed by atoms with Crippen molar-refractivity contribution in [1.29, 1.82) is 0 Å². The molecule has 31 heavy (non-hydrogen) atoms. The summed E-state index contributed by atoms with van der Waals surface area (Å²) >= 11 is 0. The van der Waals surface area contributed by atoms with E-state index in [1.54, 1.807) is 41.3 Å². The predicted molar refractivity (Wildman–Crippen MR) is 116 cm³/mol. The minimum atomic E-state index is -3.63. The molecular weight excluding hydrogens is 418 g/mol. The Morgan fingerprint density at radius 1 is 1.19 bits per heavy atom. The number of carbonyl (C=O) groups excluding carboxylic acids is 2. The molecule has 8 nitrogen and oxygen atoms in total. The van der Waals surface area contributed by atoms with E-state index in [1.807, 2.05) is 0 Å². The number of anilines is 1. The third kappa shape index (κ3) is 3.99. The quantitative estimate of drug-likeness (QED) is 0.697. The van der Waals surface area contributed by atoms with Crippen LogP contribution in [0, 0.1) is 5.92 Å². The normalized spacial score (nSPS) is 24.4. The largest absolute Gasteiger partial charge is 0.378 e. The van der Waals surface area contributed by atoms with E-state index in [4.69, 9.17) is 4.74 Å². The number of piperidine rings is 1. The second-order valence-electron chi connectivity index (χ2n) is 9.30. The Bertz CT molecular complexity index is 985. The Morgan fingerprint density at radius 2 is 1.90 bits per heavy atom. The van der Waals surface area contributed by atoms with Gasteiger partial charge < -0.3 is 14.5 Å². The number of ether oxygens (including phenoxy) is 1. The van der Waals surface area contributed by atoms with E-state index in [0.29, 0.717) is 56.6 Å². The molecule has 0 radical (unpaired) electrons. The Balaban J connectivity index is 1.62. The zero-order chi connectivity index (χ0) is 22.4. The summed E-state index contributed by atoms with van der Waals surface area (Å²) in [5.41, 5.74) is 0.363. The van der Waals surface area contributed by atoms with Crippen molar-refractivity contribution in [3.05, 3.63) is 23.8 Å². The molecule has 0 saturated carbocycles. The molecule has 1 atom stereocenters. The highest BCUT2D eigenvalue weighted by molar-refractivity contribution is 7.89. The van der Waals surface area contributed by atoms with Crippen LogP contribution in [0.5, 0.6) is 0 Å². The number of rotatable bonds is 4. The lowest BCUT2D eigenvalue weighted by Gasteiger charge is -2.30. The molecule has 1 unspecified atom stereocenters. The highest BCUT2D eigenvalue weighted by Gasteiger charge is 2.45. The van der Waals surface area contributed by atoms with E-state index in [1.165, 1.54) is 4.90 Å². The van der Waals surface area contributed by atoms with Gasteiger partial charge in [-0.3, -0.25) is 9.59 Å². The molecule has 170 valence electrons. The SMILES string of the molecule is CC1CCCN(S(=O)(=O)c2ccc3c(c2)C(C)(C)C(=O)N3CC(=O)N2CCOCC2)C1. The molecular formula is C22H31N3O5S. The molecule has 0 bridgehead atoms. The maximum absolute atomic E-state index is 13.2. The lowest BCUT2D eigenvalue weighted by atomic mass is 9.86. The number of hydrogen-bond donors (Lipinski definition) is 0. The van der Waals surface area contributed by atoms with Crippen molar-refractivity contribution in [2.24, 2.45) is 5.92 Å². The number of fused-ring (bicyclic) bond motifs is 1. The number of hydrogen-bond acceptors (Lipinski definition) is 5. The van der Waals surface area contributed by atoms with E-state index < -0.39 is 15.4 Å². The van der Waals surface area contributed by atoms with Gasteiger partial charge in [0.1, 0.15) is 6.54 Å². The average Bonchev–Trinajstić information content (AvgIpc) is 2.94. The standard InChI is InChI=1S/C22H31N3O5S/c1-16-5-4-8-24(14-16)31(28,29)17-6-7-19-18(13-17)22(2,3)21(27)25(19)15-20(26)23-9-11-30-12-10-23/h6-7,13,16H,4-5,8-12,14-15H2,1-3H3. The molecule has 3 aliphatic rings. The Labute approximate surface area is 184 Å². The van der Waals surface area contributed by atoms with Gasteiger partial charge in [0.25, 0.3) is 0 Å². The van der Waals surface area contributed by atoms with E-state index in [2.05, 4.69) is 6.92 Å². The highest BCUT2D eigenvalue weighted by atomic mass is 32.2. The molecule has 2 amide bonds. The van der Waals surface area contributed by atoms with Crippen molar-refractivity contribution >= 4 is 27.5 Å². The van der Waals surface area contributed by atoms with Crippen LogP contribution in [0.3, 0.4) is 0 Å². The Morgan fingerprint density at radius 3 is 2.58 bits per heavy atom. The van der Waals surface area contributed by atoms with Gasteiger partial charge in [-0.25, -0.2) is 8.42 Å². The van der Waals surface area contributed by atoms with Crippen molar-refractivity contribution in [2.45, 2.75) is 43.9 Å². The van der Waals surface area contributed by atoms with Crippen molar-refractivity contribution in [3.8, 4) is 0 Å². The van der Waals surface area contributed by atoms with Crippen LogP contribution in [0.25, 0.3) is 0 Å². The minimum absolute atomic E-state index is 0.0506. The first-order valence-electron chi connectivity index (χ1n) is 10.9. The number of sulfonamides is 1. The third-order valence-electron chi connectivity index (χ3n) is 6.63. The maximum Gasteiger partial charge on any atom is 0.243 e. The van der Waals surface area contributed by atoms with Gasteiger partial charge in [0.2, 0.25) is 21.8 Å². The maximum atomic E-state index is 13.2. The Kier molecular flexibility index (Phi) is 5.87. The minimum Gasteiger partial charge on any atom is -0.378 e. The molecule has 1 aromatic rings. The molecule has 3 aliphatic heterocycles. The molecule has 2 fully saturated rings. The lowest BCUT2D eigenvalue weighted by Crippen LogP contribution is -2.47. The van der Waals surface area contributed by atoms with Crippen molar-refractivity contribution in [1.82, 2.24) is 9.21 Å². The van der Waals surface area contributed by atoms with Crippen molar-refractivity contribution in [2.75, 3.05) is 50.8 Å². The number of morpholine rings is 1. The molecule has 1 aromatic carbocycles. The lowest BCUT2D eigenvalue weighted by molar-refractivity contribution is -0.135. The van der Waals surface area contributed by atoms with Gasteiger partial charge in [0, 0.05) is 31.9 Å². The number of nitrogens with zero attached hydrogens (tertiary/aromatic N) is 3. The number of carbonyl (C=O) groups is 2. The van der Waals surface area contributed by atoms with Gasteiger partial charge in [-0.05, 0) is 56.4 Å². The molecule has 3 heterocycles. The van der Waals surface area contributed by atoms with Gasteiger partial charge >= 0.3 is 0 Å². The molecule has 0 aliphatic carbocycles. The van der Waals surface area contributed by atoms with E-state index in [0.717, 1.165) is 12.8 Å². The fraction of sp³-hybridized carbons (Fsp3) is 0.636. The number of amides is 2. The van der Waals surface area contributed by atoms with Gasteiger partial charge in [-0.1, -0.05) is 6.92 Å². The summed E-state index contributed by atoms with van der Waals surface area (Å²) in [6, 6.07) is 4.87. The second-order valence-corrected chi connectivity index (χ2v) is 11.2. The van der Waals surface area contributed by atoms with Gasteiger partial charge in [0.05, 0.1) is 23.5 Å². The molecule has 0 spiro atoms. The monoisotopic (exact) mass is 449 g/mol. The summed E-state index contributed by atoms with van der Waals surface area (Å²) in [5.74, 6) is 0.0159. The Hall–Kier alpha value is -1.97. The van der Waals surface area contributed by atoms with Crippen molar-refractivity contribution in [3.63, 3.8) is 0 Å². The van der Waals surface area contributed by atoms with E-state index in [9.17, 15) is 18.0 Å². The first kappa shape index (κ1) is 22.2. The first-order chi connectivity index (χ1) is 14.6. The van der Waals surface area contributed by atoms with Crippen LogP contribution in [0.4, 0.5) is 5.69 Å². The van der Waals surface area contributed by atoms with Crippen LogP contribution in [-0.2, 0) is 29.8 Å². The van der Waals surface area contributed by atoms with Crippen LogP contribution >= 0.6 is 0 Å². The summed E-state index contributed by atoms with van der Waals surface area (Å²) in [6.45, 7) is 8.65. The van der Waals surface area contributed by atoms with Crippen LogP contribution in [-0.4, -0.2) is 75.4 Å². The molecule has 2 saturated heterocycles. The van der Waals surface area contributed by atoms with Crippen LogP contribution < -0.4 is 4.90 Å².